The Hall–Kier alpha value is -0.480. The van der Waals surface area contributed by atoms with E-state index in [1.807, 2.05) is 21.1 Å². The number of para-hydroxylation sites is 1. The Balaban J connectivity index is 0. The number of nitrogens with zero attached hydrogens (tertiary/aromatic N) is 1. The first-order valence-electron chi connectivity index (χ1n) is 5.66. The molecule has 0 atom stereocenters. The van der Waals surface area contributed by atoms with Gasteiger partial charge in [-0.25, -0.2) is 4.79 Å². The fraction of sp³-hybridized carbons (Fsp3) is 0.417. The number of carbonyl (C=O) groups excluding carboxylic acids is 1. The van der Waals surface area contributed by atoms with Crippen LogP contribution in [-0.4, -0.2) is 63.2 Å². The van der Waals surface area contributed by atoms with Crippen molar-refractivity contribution in [1.29, 1.82) is 0 Å². The standard InChI is InChI=1S/C12H17NO3.Na.H2O3S/c1-13(2,3)8-9-16-12(15)10-6-4-5-7-11(10)14;;1-4(2)3/h4-7H,8-9H2,1-3H3;;(H2,1,2,3)/q;+1;/p-1. The van der Waals surface area contributed by atoms with E-state index in [2.05, 4.69) is 0 Å². The van der Waals surface area contributed by atoms with Gasteiger partial charge >= 0.3 is 35.5 Å². The SMILES string of the molecule is C[N+](C)(C)CCOC(=O)c1ccccc1O.O=S([O-])[O-].[Na+]. The predicted molar refractivity (Wildman–Crippen MR) is 71.0 cm³/mol. The predicted octanol–water partition coefficient (Wildman–Crippen LogP) is -2.74. The van der Waals surface area contributed by atoms with Gasteiger partial charge in [-0.2, -0.15) is 0 Å². The van der Waals surface area contributed by atoms with E-state index in [1.165, 1.54) is 6.07 Å². The quantitative estimate of drug-likeness (QED) is 0.278. The van der Waals surface area contributed by atoms with Crippen molar-refractivity contribution in [3.05, 3.63) is 29.8 Å². The minimum Gasteiger partial charge on any atom is -0.784 e. The summed E-state index contributed by atoms with van der Waals surface area (Å²) < 4.78 is 31.1. The van der Waals surface area contributed by atoms with E-state index in [1.54, 1.807) is 18.2 Å². The van der Waals surface area contributed by atoms with Crippen molar-refractivity contribution in [2.75, 3.05) is 34.3 Å². The van der Waals surface area contributed by atoms with Crippen molar-refractivity contribution < 1.29 is 62.0 Å². The van der Waals surface area contributed by atoms with Gasteiger partial charge in [0.15, 0.2) is 0 Å². The van der Waals surface area contributed by atoms with Crippen LogP contribution in [0, 0.1) is 0 Å². The van der Waals surface area contributed by atoms with Crippen molar-refractivity contribution >= 4 is 17.3 Å². The molecule has 0 radical (unpaired) electrons. The fourth-order valence-corrected chi connectivity index (χ4v) is 1.14. The largest absolute Gasteiger partial charge is 1.00 e. The van der Waals surface area contributed by atoms with E-state index in [9.17, 15) is 9.90 Å². The Morgan fingerprint density at radius 3 is 2.19 bits per heavy atom. The molecule has 21 heavy (non-hydrogen) atoms. The summed E-state index contributed by atoms with van der Waals surface area (Å²) >= 11 is -3.11. The maximum absolute atomic E-state index is 11.6. The summed E-state index contributed by atoms with van der Waals surface area (Å²) in [6, 6.07) is 6.37. The number of aromatic hydroxyl groups is 1. The molecule has 0 aliphatic carbocycles. The summed E-state index contributed by atoms with van der Waals surface area (Å²) in [6.07, 6.45) is 0. The molecule has 7 nitrogen and oxygen atoms in total. The van der Waals surface area contributed by atoms with E-state index in [4.69, 9.17) is 18.1 Å². The summed E-state index contributed by atoms with van der Waals surface area (Å²) in [4.78, 5) is 11.6. The molecule has 0 aromatic heterocycles. The zero-order valence-corrected chi connectivity index (χ0v) is 15.4. The maximum Gasteiger partial charge on any atom is 1.00 e. The number of esters is 1. The molecule has 114 valence electrons. The van der Waals surface area contributed by atoms with Gasteiger partial charge in [0.25, 0.3) is 0 Å². The number of phenolic OH excluding ortho intramolecular Hbond substituents is 1. The number of quaternary nitrogens is 1. The zero-order chi connectivity index (χ0) is 15.8. The molecule has 9 heteroatoms. The van der Waals surface area contributed by atoms with Crippen LogP contribution in [0.5, 0.6) is 5.75 Å². The summed E-state index contributed by atoms with van der Waals surface area (Å²) in [5.74, 6) is -0.524. The molecule has 0 saturated heterocycles. The average molecular weight is 327 g/mol. The van der Waals surface area contributed by atoms with Gasteiger partial charge in [0.05, 0.1) is 21.1 Å². The fourth-order valence-electron chi connectivity index (χ4n) is 1.14. The Morgan fingerprint density at radius 1 is 1.29 bits per heavy atom. The number of phenols is 1. The monoisotopic (exact) mass is 327 g/mol. The van der Waals surface area contributed by atoms with Crippen LogP contribution in [0.1, 0.15) is 10.4 Å². The maximum atomic E-state index is 11.6. The molecule has 1 N–H and O–H groups in total. The molecule has 0 unspecified atom stereocenters. The van der Waals surface area contributed by atoms with Crippen molar-refractivity contribution in [1.82, 2.24) is 0 Å². The number of hydrogen-bond acceptors (Lipinski definition) is 6. The molecule has 1 aromatic carbocycles. The molecule has 0 fully saturated rings. The van der Waals surface area contributed by atoms with Gasteiger partial charge in [0.1, 0.15) is 24.5 Å². The smallest absolute Gasteiger partial charge is 0.784 e. The molecular weight excluding hydrogens is 309 g/mol. The molecule has 0 bridgehead atoms. The molecule has 0 amide bonds. The molecule has 1 rings (SSSR count). The first-order chi connectivity index (χ1) is 9.13. The van der Waals surface area contributed by atoms with E-state index < -0.39 is 17.3 Å². The van der Waals surface area contributed by atoms with Crippen LogP contribution in [0.25, 0.3) is 0 Å². The molecular formula is C12H18NNaO6S. The van der Waals surface area contributed by atoms with Crippen LogP contribution in [-0.2, 0) is 16.1 Å². The van der Waals surface area contributed by atoms with E-state index in [-0.39, 0.29) is 40.9 Å². The Morgan fingerprint density at radius 2 is 1.76 bits per heavy atom. The molecule has 0 spiro atoms. The van der Waals surface area contributed by atoms with Crippen molar-refractivity contribution in [2.24, 2.45) is 0 Å². The van der Waals surface area contributed by atoms with E-state index in [0.29, 0.717) is 6.61 Å². The third-order valence-corrected chi connectivity index (χ3v) is 2.12. The van der Waals surface area contributed by atoms with Crippen molar-refractivity contribution in [3.8, 4) is 5.75 Å². The van der Waals surface area contributed by atoms with Crippen LogP contribution < -0.4 is 29.6 Å². The van der Waals surface area contributed by atoms with Gasteiger partial charge < -0.3 is 23.4 Å². The average Bonchev–Trinajstić information content (AvgIpc) is 2.26. The normalized spacial score (nSPS) is 10.2. The Labute approximate surface area is 148 Å². The Bertz CT molecular complexity index is 459. The minimum absolute atomic E-state index is 0. The van der Waals surface area contributed by atoms with Crippen molar-refractivity contribution in [2.45, 2.75) is 0 Å². The second-order valence-electron chi connectivity index (χ2n) is 4.87. The number of ether oxygens (including phenoxy) is 1. The van der Waals surface area contributed by atoms with E-state index >= 15 is 0 Å². The number of carbonyl (C=O) groups is 1. The third kappa shape index (κ3) is 12.9. The van der Waals surface area contributed by atoms with Crippen LogP contribution in [0.4, 0.5) is 0 Å². The summed E-state index contributed by atoms with van der Waals surface area (Å²) in [6.45, 7) is 1.08. The van der Waals surface area contributed by atoms with Crippen LogP contribution in [0.3, 0.4) is 0 Å². The molecule has 0 aliphatic rings. The summed E-state index contributed by atoms with van der Waals surface area (Å²) in [5, 5.41) is 9.44. The second kappa shape index (κ2) is 11.1. The first kappa shape index (κ1) is 22.8. The third-order valence-electron chi connectivity index (χ3n) is 2.12. The van der Waals surface area contributed by atoms with Crippen molar-refractivity contribution in [3.63, 3.8) is 0 Å². The van der Waals surface area contributed by atoms with Gasteiger partial charge in [0, 0.05) is 0 Å². The number of hydrogen-bond donors (Lipinski definition) is 1. The van der Waals surface area contributed by atoms with Crippen LogP contribution in [0.15, 0.2) is 24.3 Å². The summed E-state index contributed by atoms with van der Waals surface area (Å²) in [7, 11) is 6.06. The van der Waals surface area contributed by atoms with Gasteiger partial charge in [-0.15, -0.1) is 11.4 Å². The molecule has 0 saturated carbocycles. The zero-order valence-electron chi connectivity index (χ0n) is 12.6. The number of rotatable bonds is 4. The first-order valence-corrected chi connectivity index (χ1v) is 6.66. The Kier molecular flexibility index (Phi) is 12.1. The number of benzene rings is 1. The van der Waals surface area contributed by atoms with E-state index in [0.717, 1.165) is 11.0 Å². The van der Waals surface area contributed by atoms with Gasteiger partial charge in [0.2, 0.25) is 0 Å². The molecule has 0 aliphatic heterocycles. The van der Waals surface area contributed by atoms with Gasteiger partial charge in [-0.05, 0) is 12.1 Å². The molecule has 1 aromatic rings. The van der Waals surface area contributed by atoms with Gasteiger partial charge in [-0.1, -0.05) is 12.1 Å². The van der Waals surface area contributed by atoms with Gasteiger partial charge in [-0.3, -0.25) is 4.21 Å². The topological polar surface area (TPSA) is 110 Å². The second-order valence-corrected chi connectivity index (χ2v) is 5.28. The number of likely N-dealkylation sites (N-methyl/N-ethyl adjacent to an activating group) is 1. The van der Waals surface area contributed by atoms with Crippen LogP contribution >= 0.6 is 0 Å². The minimum atomic E-state index is -3.11. The molecule has 0 heterocycles. The summed E-state index contributed by atoms with van der Waals surface area (Å²) in [5.41, 5.74) is 0.212. The van der Waals surface area contributed by atoms with Crippen LogP contribution in [0.2, 0.25) is 0 Å².